The van der Waals surface area contributed by atoms with Crippen LogP contribution in [0, 0.1) is 12.8 Å². The first-order chi connectivity index (χ1) is 9.72. The predicted octanol–water partition coefficient (Wildman–Crippen LogP) is 2.28. The summed E-state index contributed by atoms with van der Waals surface area (Å²) in [6.07, 6.45) is 8.23. The molecule has 20 heavy (non-hydrogen) atoms. The number of imidazole rings is 1. The smallest absolute Gasteiger partial charge is 0.108 e. The molecular weight excluding hydrogens is 248 g/mol. The summed E-state index contributed by atoms with van der Waals surface area (Å²) < 4.78 is 2.30. The van der Waals surface area contributed by atoms with E-state index in [-0.39, 0.29) is 0 Å². The molecule has 0 spiro atoms. The van der Waals surface area contributed by atoms with Crippen molar-refractivity contribution in [2.75, 3.05) is 13.6 Å². The van der Waals surface area contributed by atoms with Gasteiger partial charge in [-0.2, -0.15) is 0 Å². The number of hydrogen-bond acceptors (Lipinski definition) is 3. The number of rotatable bonds is 4. The molecule has 1 atom stereocenters. The Morgan fingerprint density at radius 1 is 1.35 bits per heavy atom. The van der Waals surface area contributed by atoms with Crippen molar-refractivity contribution in [3.8, 4) is 0 Å². The van der Waals surface area contributed by atoms with Crippen LogP contribution in [0.2, 0.25) is 0 Å². The highest BCUT2D eigenvalue weighted by molar-refractivity contribution is 5.17. The van der Waals surface area contributed by atoms with Crippen molar-refractivity contribution in [1.29, 1.82) is 0 Å². The van der Waals surface area contributed by atoms with Gasteiger partial charge in [-0.3, -0.25) is 4.98 Å². The number of nitrogens with zero attached hydrogens (tertiary/aromatic N) is 4. The maximum absolute atomic E-state index is 4.39. The van der Waals surface area contributed by atoms with Crippen LogP contribution in [-0.4, -0.2) is 33.0 Å². The summed E-state index contributed by atoms with van der Waals surface area (Å²) in [7, 11) is 2.20. The molecular formula is C16H22N4. The molecule has 4 heteroatoms. The lowest BCUT2D eigenvalue weighted by molar-refractivity contribution is 0.228. The van der Waals surface area contributed by atoms with Crippen LogP contribution in [0.3, 0.4) is 0 Å². The van der Waals surface area contributed by atoms with E-state index < -0.39 is 0 Å². The molecule has 0 N–H and O–H groups in total. The number of hydrogen-bond donors (Lipinski definition) is 0. The summed E-state index contributed by atoms with van der Waals surface area (Å²) in [6, 6.07) is 4.20. The van der Waals surface area contributed by atoms with E-state index >= 15 is 0 Å². The lowest BCUT2D eigenvalue weighted by atomic mass is 9.98. The fourth-order valence-electron chi connectivity index (χ4n) is 3.07. The van der Waals surface area contributed by atoms with Gasteiger partial charge in [0.25, 0.3) is 0 Å². The highest BCUT2D eigenvalue weighted by Crippen LogP contribution is 2.20. The van der Waals surface area contributed by atoms with Crippen molar-refractivity contribution in [2.24, 2.45) is 5.92 Å². The van der Waals surface area contributed by atoms with Crippen molar-refractivity contribution < 1.29 is 0 Å². The Kier molecular flexibility index (Phi) is 3.83. The highest BCUT2D eigenvalue weighted by Gasteiger charge is 2.20. The predicted molar refractivity (Wildman–Crippen MR) is 79.3 cm³/mol. The zero-order valence-corrected chi connectivity index (χ0v) is 12.3. The zero-order valence-electron chi connectivity index (χ0n) is 12.3. The Hall–Kier alpha value is -1.68. The third-order valence-corrected chi connectivity index (χ3v) is 4.16. The summed E-state index contributed by atoms with van der Waals surface area (Å²) in [6.45, 7) is 5.30. The van der Waals surface area contributed by atoms with Crippen molar-refractivity contribution in [3.63, 3.8) is 0 Å². The van der Waals surface area contributed by atoms with Crippen LogP contribution < -0.4 is 0 Å². The van der Waals surface area contributed by atoms with Crippen molar-refractivity contribution >= 4 is 0 Å². The molecule has 4 nitrogen and oxygen atoms in total. The lowest BCUT2D eigenvalue weighted by Crippen LogP contribution is -2.31. The topological polar surface area (TPSA) is 34.0 Å². The van der Waals surface area contributed by atoms with Crippen LogP contribution in [-0.2, 0) is 19.5 Å². The van der Waals surface area contributed by atoms with Gasteiger partial charge in [-0.1, -0.05) is 6.07 Å². The summed E-state index contributed by atoms with van der Waals surface area (Å²) in [5, 5.41) is 0. The fourth-order valence-corrected chi connectivity index (χ4v) is 3.07. The Morgan fingerprint density at radius 2 is 2.25 bits per heavy atom. The highest BCUT2D eigenvalue weighted by atomic mass is 15.1. The normalized spacial score (nSPS) is 18.2. The minimum absolute atomic E-state index is 0.721. The van der Waals surface area contributed by atoms with Gasteiger partial charge >= 0.3 is 0 Å². The molecule has 1 aliphatic heterocycles. The van der Waals surface area contributed by atoms with Crippen LogP contribution in [0.15, 0.2) is 30.7 Å². The summed E-state index contributed by atoms with van der Waals surface area (Å²) in [4.78, 5) is 11.2. The van der Waals surface area contributed by atoms with Gasteiger partial charge in [0.15, 0.2) is 0 Å². The van der Waals surface area contributed by atoms with Gasteiger partial charge in [-0.15, -0.1) is 0 Å². The largest absolute Gasteiger partial charge is 0.335 e. The number of aryl methyl sites for hydroxylation is 2. The molecule has 0 saturated heterocycles. The number of pyridine rings is 1. The molecule has 0 amide bonds. The quantitative estimate of drug-likeness (QED) is 0.854. The second kappa shape index (κ2) is 5.75. The van der Waals surface area contributed by atoms with E-state index in [2.05, 4.69) is 45.7 Å². The van der Waals surface area contributed by atoms with Crippen LogP contribution in [0.1, 0.15) is 23.5 Å². The van der Waals surface area contributed by atoms with Crippen molar-refractivity contribution in [1.82, 2.24) is 19.4 Å². The molecule has 0 fully saturated rings. The zero-order chi connectivity index (χ0) is 13.9. The Balaban J connectivity index is 1.58. The van der Waals surface area contributed by atoms with E-state index in [1.54, 1.807) is 0 Å². The molecule has 0 radical (unpaired) electrons. The van der Waals surface area contributed by atoms with Gasteiger partial charge in [0.05, 0.1) is 0 Å². The molecule has 3 rings (SSSR count). The Labute approximate surface area is 120 Å². The van der Waals surface area contributed by atoms with Gasteiger partial charge < -0.3 is 9.47 Å². The number of fused-ring (bicyclic) bond motifs is 1. The molecule has 1 unspecified atom stereocenters. The SMILES string of the molecule is Cc1ncccc1CN(C)CC1CCc2nccn2C1. The molecule has 106 valence electrons. The Bertz CT molecular complexity index is 575. The van der Waals surface area contributed by atoms with E-state index in [0.717, 1.165) is 37.7 Å². The average molecular weight is 270 g/mol. The standard InChI is InChI=1S/C16H22N4/c1-13-15(4-3-7-17-13)12-19(2)10-14-5-6-16-18-8-9-20(16)11-14/h3-4,7-9,14H,5-6,10-12H2,1-2H3. The average Bonchev–Trinajstić information content (AvgIpc) is 2.89. The minimum Gasteiger partial charge on any atom is -0.335 e. The molecule has 1 aliphatic rings. The van der Waals surface area contributed by atoms with Gasteiger partial charge in [0.1, 0.15) is 5.82 Å². The van der Waals surface area contributed by atoms with Crippen LogP contribution in [0.25, 0.3) is 0 Å². The molecule has 0 saturated carbocycles. The van der Waals surface area contributed by atoms with E-state index in [0.29, 0.717) is 0 Å². The number of aromatic nitrogens is 3. The first-order valence-electron chi connectivity index (χ1n) is 7.31. The van der Waals surface area contributed by atoms with E-state index in [1.807, 2.05) is 18.5 Å². The molecule has 2 aromatic heterocycles. The first kappa shape index (κ1) is 13.3. The van der Waals surface area contributed by atoms with Crippen molar-refractivity contribution in [2.45, 2.75) is 32.9 Å². The first-order valence-corrected chi connectivity index (χ1v) is 7.31. The summed E-state index contributed by atoms with van der Waals surface area (Å²) in [5.41, 5.74) is 2.47. The Morgan fingerprint density at radius 3 is 3.10 bits per heavy atom. The molecule has 0 bridgehead atoms. The molecule has 2 aromatic rings. The van der Waals surface area contributed by atoms with Gasteiger partial charge in [0.2, 0.25) is 0 Å². The molecule has 0 aliphatic carbocycles. The van der Waals surface area contributed by atoms with Gasteiger partial charge in [0, 0.05) is 50.3 Å². The lowest BCUT2D eigenvalue weighted by Gasteiger charge is -2.28. The van der Waals surface area contributed by atoms with Crippen LogP contribution in [0.5, 0.6) is 0 Å². The summed E-state index contributed by atoms with van der Waals surface area (Å²) in [5.74, 6) is 1.96. The maximum atomic E-state index is 4.39. The third kappa shape index (κ3) is 2.90. The second-order valence-electron chi connectivity index (χ2n) is 5.85. The van der Waals surface area contributed by atoms with Crippen molar-refractivity contribution in [3.05, 3.63) is 47.8 Å². The third-order valence-electron chi connectivity index (χ3n) is 4.16. The maximum Gasteiger partial charge on any atom is 0.108 e. The van der Waals surface area contributed by atoms with Crippen LogP contribution >= 0.6 is 0 Å². The fraction of sp³-hybridized carbons (Fsp3) is 0.500. The minimum atomic E-state index is 0.721. The second-order valence-corrected chi connectivity index (χ2v) is 5.85. The van der Waals surface area contributed by atoms with Gasteiger partial charge in [-0.25, -0.2) is 4.98 Å². The van der Waals surface area contributed by atoms with Gasteiger partial charge in [-0.05, 0) is 37.9 Å². The monoisotopic (exact) mass is 270 g/mol. The molecule has 0 aromatic carbocycles. The van der Waals surface area contributed by atoms with E-state index in [1.165, 1.54) is 17.8 Å². The van der Waals surface area contributed by atoms with E-state index in [4.69, 9.17) is 0 Å². The van der Waals surface area contributed by atoms with Crippen LogP contribution in [0.4, 0.5) is 0 Å². The molecule has 3 heterocycles. The van der Waals surface area contributed by atoms with E-state index in [9.17, 15) is 0 Å². The summed E-state index contributed by atoms with van der Waals surface area (Å²) >= 11 is 0.